The van der Waals surface area contributed by atoms with E-state index in [1.54, 1.807) is 0 Å². The fraction of sp³-hybridized carbons (Fsp3) is 0. The molecule has 0 aliphatic rings. The zero-order valence-corrected chi connectivity index (χ0v) is 6.51. The van der Waals surface area contributed by atoms with Crippen molar-refractivity contribution in [3.05, 3.63) is 0 Å². The summed E-state index contributed by atoms with van der Waals surface area (Å²) in [6.45, 7) is 0. The largest absolute Gasteiger partial charge is 1.00 e. The van der Waals surface area contributed by atoms with Crippen molar-refractivity contribution < 1.29 is 48.5 Å². The van der Waals surface area contributed by atoms with Gasteiger partial charge in [0, 0.05) is 8.41 Å². The topological polar surface area (TPSA) is 74.6 Å². The fourth-order valence-electron chi connectivity index (χ4n) is 0. The molecule has 0 aliphatic carbocycles. The molecule has 7 heavy (non-hydrogen) atoms. The fourth-order valence-corrected chi connectivity index (χ4v) is 0. The van der Waals surface area contributed by atoms with Crippen LogP contribution in [-0.2, 0) is 10.4 Å². The van der Waals surface area contributed by atoms with Crippen LogP contribution in [-0.4, -0.2) is 25.9 Å². The van der Waals surface area contributed by atoms with Gasteiger partial charge in [0.25, 0.3) is 0 Å². The molecule has 0 heterocycles. The molecule has 0 unspecified atom stereocenters. The van der Waals surface area contributed by atoms with Crippen LogP contribution in [0.25, 0.3) is 0 Å². The summed E-state index contributed by atoms with van der Waals surface area (Å²) in [6, 6.07) is 0. The molecule has 0 spiro atoms. The van der Waals surface area contributed by atoms with E-state index in [0.717, 1.165) is 0 Å². The van der Waals surface area contributed by atoms with Crippen molar-refractivity contribution in [3.8, 4) is 0 Å². The maximum absolute atomic E-state index is 8.74. The third-order valence-electron chi connectivity index (χ3n) is 0. The van der Waals surface area contributed by atoms with Crippen molar-refractivity contribution in [1.82, 2.24) is 0 Å². The van der Waals surface area contributed by atoms with Crippen molar-refractivity contribution in [3.63, 3.8) is 0 Å². The van der Waals surface area contributed by atoms with Crippen LogP contribution < -0.4 is 29.6 Å². The summed E-state index contributed by atoms with van der Waals surface area (Å²) in [7, 11) is -4.67. The van der Waals surface area contributed by atoms with Crippen molar-refractivity contribution in [2.24, 2.45) is 0 Å². The molecule has 0 aromatic heterocycles. The maximum atomic E-state index is 8.74. The van der Waals surface area contributed by atoms with E-state index < -0.39 is 10.4 Å². The average molecular weight is 133 g/mol. The van der Waals surface area contributed by atoms with Crippen LogP contribution in [0.15, 0.2) is 0 Å². The molecule has 0 aromatic carbocycles. The summed E-state index contributed by atoms with van der Waals surface area (Å²) in [4.78, 5) is 0. The number of rotatable bonds is 0. The van der Waals surface area contributed by atoms with Gasteiger partial charge in [0.1, 0.15) is 0 Å². The van der Waals surface area contributed by atoms with Gasteiger partial charge >= 0.3 is 40.0 Å². The van der Waals surface area contributed by atoms with Crippen molar-refractivity contribution >= 4 is 18.8 Å². The Morgan fingerprint density at radius 2 is 1.29 bits per heavy atom. The van der Waals surface area contributed by atoms with Gasteiger partial charge in [-0.2, -0.15) is 8.42 Å². The minimum atomic E-state index is -4.67. The Balaban J connectivity index is -0.0000000267. The molecular weight excluding hydrogens is 130 g/mol. The Kier molecular flexibility index (Phi) is 11.4. The first-order valence-corrected chi connectivity index (χ1v) is 2.10. The van der Waals surface area contributed by atoms with E-state index in [2.05, 4.69) is 0 Å². The van der Waals surface area contributed by atoms with Gasteiger partial charge in [-0.3, -0.25) is 9.11 Å². The summed E-state index contributed by atoms with van der Waals surface area (Å²) < 4.78 is 31.6. The zero-order valence-electron chi connectivity index (χ0n) is 4.70. The SMILES string of the molecule is O=S(=O)(O)O.[B].[H-].[Na+]. The number of hydrogen-bond donors (Lipinski definition) is 2. The normalized spacial score (nSPS) is 8.29. The van der Waals surface area contributed by atoms with E-state index in [0.29, 0.717) is 0 Å². The molecule has 0 bridgehead atoms. The molecule has 4 nitrogen and oxygen atoms in total. The monoisotopic (exact) mass is 133 g/mol. The van der Waals surface area contributed by atoms with Crippen molar-refractivity contribution in [2.75, 3.05) is 0 Å². The van der Waals surface area contributed by atoms with E-state index >= 15 is 0 Å². The third-order valence-corrected chi connectivity index (χ3v) is 0. The van der Waals surface area contributed by atoms with E-state index in [9.17, 15) is 0 Å². The molecule has 7 heteroatoms. The smallest absolute Gasteiger partial charge is 1.00 e. The van der Waals surface area contributed by atoms with Gasteiger partial charge in [-0.25, -0.2) is 0 Å². The Labute approximate surface area is 67.2 Å². The Morgan fingerprint density at radius 3 is 1.29 bits per heavy atom. The van der Waals surface area contributed by atoms with E-state index in [-0.39, 0.29) is 39.4 Å². The minimum Gasteiger partial charge on any atom is -1.00 e. The van der Waals surface area contributed by atoms with Crippen molar-refractivity contribution in [1.29, 1.82) is 0 Å². The molecule has 0 fully saturated rings. The van der Waals surface area contributed by atoms with Crippen LogP contribution in [0.1, 0.15) is 1.43 Å². The van der Waals surface area contributed by atoms with Gasteiger partial charge in [-0.15, -0.1) is 0 Å². The predicted molar refractivity (Wildman–Crippen MR) is 21.0 cm³/mol. The molecule has 3 radical (unpaired) electrons. The molecule has 2 N–H and O–H groups in total. The van der Waals surface area contributed by atoms with E-state index in [4.69, 9.17) is 17.5 Å². The van der Waals surface area contributed by atoms with Crippen LogP contribution in [0.2, 0.25) is 0 Å². The second-order valence-corrected chi connectivity index (χ2v) is 1.34. The molecule has 0 atom stereocenters. The van der Waals surface area contributed by atoms with E-state index in [1.807, 2.05) is 0 Å². The molecular formula is H3BNaO4S. The quantitative estimate of drug-likeness (QED) is 0.261. The van der Waals surface area contributed by atoms with Crippen LogP contribution in [0.5, 0.6) is 0 Å². The predicted octanol–water partition coefficient (Wildman–Crippen LogP) is -3.92. The van der Waals surface area contributed by atoms with Crippen LogP contribution in [0.3, 0.4) is 0 Å². The summed E-state index contributed by atoms with van der Waals surface area (Å²) in [5, 5.41) is 0. The van der Waals surface area contributed by atoms with E-state index in [1.165, 1.54) is 0 Å². The first-order valence-electron chi connectivity index (χ1n) is 0.698. The molecule has 0 amide bonds. The van der Waals surface area contributed by atoms with Gasteiger partial charge in [-0.05, 0) is 0 Å². The van der Waals surface area contributed by atoms with Gasteiger partial charge in [0.05, 0.1) is 0 Å². The zero-order chi connectivity index (χ0) is 4.50. The Morgan fingerprint density at radius 1 is 1.29 bits per heavy atom. The minimum absolute atomic E-state index is 0. The maximum Gasteiger partial charge on any atom is 1.00 e. The molecule has 0 aliphatic heterocycles. The van der Waals surface area contributed by atoms with Gasteiger partial charge in [0.15, 0.2) is 0 Å². The molecule has 0 rings (SSSR count). The second kappa shape index (κ2) is 5.08. The average Bonchev–Trinajstić information content (AvgIpc) is 0.722. The van der Waals surface area contributed by atoms with Gasteiger partial charge in [0.2, 0.25) is 0 Å². The van der Waals surface area contributed by atoms with Crippen LogP contribution in [0.4, 0.5) is 0 Å². The first-order chi connectivity index (χ1) is 2.00. The van der Waals surface area contributed by atoms with Crippen molar-refractivity contribution in [2.45, 2.75) is 0 Å². The third kappa shape index (κ3) is 193. The summed E-state index contributed by atoms with van der Waals surface area (Å²) in [5.41, 5.74) is 0. The number of hydrogen-bond acceptors (Lipinski definition) is 2. The molecule has 0 saturated carbocycles. The van der Waals surface area contributed by atoms with Crippen LogP contribution >= 0.6 is 0 Å². The first kappa shape index (κ1) is 15.7. The molecule has 0 saturated heterocycles. The summed E-state index contributed by atoms with van der Waals surface area (Å²) in [6.07, 6.45) is 0. The standard InChI is InChI=1S/B.Na.H2O4S.H/c;;1-5(2,3)4;/h;;(H2,1,2,3,4);/q;+1;;-1. The summed E-state index contributed by atoms with van der Waals surface area (Å²) >= 11 is 0. The molecule has 37 valence electrons. The Bertz CT molecular complexity index is 99.2. The van der Waals surface area contributed by atoms with Gasteiger partial charge in [-0.1, -0.05) is 0 Å². The van der Waals surface area contributed by atoms with Gasteiger partial charge < -0.3 is 1.43 Å². The summed E-state index contributed by atoms with van der Waals surface area (Å²) in [5.74, 6) is 0. The Hall–Kier alpha value is 0.935. The van der Waals surface area contributed by atoms with Crippen LogP contribution in [0, 0.1) is 0 Å². The second-order valence-electron chi connectivity index (χ2n) is 0.448. The molecule has 0 aromatic rings.